The zero-order chi connectivity index (χ0) is 16.9. The molecule has 2 N–H and O–H groups in total. The first-order valence-electron chi connectivity index (χ1n) is 7.84. The van der Waals surface area contributed by atoms with Crippen molar-refractivity contribution < 1.29 is 9.50 Å². The summed E-state index contributed by atoms with van der Waals surface area (Å²) in [5.41, 5.74) is 2.34. The van der Waals surface area contributed by atoms with Gasteiger partial charge in [0.25, 0.3) is 0 Å². The normalized spacial score (nSPS) is 12.5. The third-order valence-corrected chi connectivity index (χ3v) is 3.88. The molecule has 1 aromatic heterocycles. The van der Waals surface area contributed by atoms with Gasteiger partial charge in [-0.3, -0.25) is 4.90 Å². The third-order valence-electron chi connectivity index (χ3n) is 3.88. The molecule has 3 aromatic rings. The van der Waals surface area contributed by atoms with E-state index in [1.165, 1.54) is 6.07 Å². The molecule has 0 spiro atoms. The van der Waals surface area contributed by atoms with Gasteiger partial charge in [0.1, 0.15) is 11.6 Å². The van der Waals surface area contributed by atoms with Crippen molar-refractivity contribution in [2.24, 2.45) is 0 Å². The summed E-state index contributed by atoms with van der Waals surface area (Å²) >= 11 is 0. The molecule has 1 atom stereocenters. The molecule has 1 unspecified atom stereocenters. The quantitative estimate of drug-likeness (QED) is 0.730. The second-order valence-corrected chi connectivity index (χ2v) is 5.84. The molecule has 5 heteroatoms. The number of hydrogen-bond donors (Lipinski definition) is 2. The van der Waals surface area contributed by atoms with Gasteiger partial charge in [0.05, 0.1) is 24.5 Å². The van der Waals surface area contributed by atoms with Gasteiger partial charge < -0.3 is 10.1 Å². The average molecular weight is 325 g/mol. The fraction of sp³-hybridized carbons (Fsp3) is 0.211. The van der Waals surface area contributed by atoms with Crippen LogP contribution in [0.4, 0.5) is 4.39 Å². The van der Waals surface area contributed by atoms with Crippen LogP contribution in [-0.2, 0) is 6.54 Å². The van der Waals surface area contributed by atoms with Crippen molar-refractivity contribution >= 4 is 0 Å². The SMILES string of the molecule is CN(Cc1ncc(-c2ccccc2)[nH]1)CC(O)c1ccccc1F. The van der Waals surface area contributed by atoms with Crippen LogP contribution < -0.4 is 0 Å². The van der Waals surface area contributed by atoms with Crippen LogP contribution >= 0.6 is 0 Å². The summed E-state index contributed by atoms with van der Waals surface area (Å²) in [7, 11) is 1.87. The van der Waals surface area contributed by atoms with E-state index < -0.39 is 6.10 Å². The van der Waals surface area contributed by atoms with E-state index in [1.54, 1.807) is 24.4 Å². The number of benzene rings is 2. The minimum absolute atomic E-state index is 0.314. The number of imidazole rings is 1. The summed E-state index contributed by atoms with van der Waals surface area (Å²) in [5, 5.41) is 10.2. The van der Waals surface area contributed by atoms with E-state index in [4.69, 9.17) is 0 Å². The van der Waals surface area contributed by atoms with Crippen LogP contribution in [0.15, 0.2) is 60.8 Å². The van der Waals surface area contributed by atoms with Crippen LogP contribution in [0.1, 0.15) is 17.5 Å². The van der Waals surface area contributed by atoms with Crippen molar-refractivity contribution in [2.75, 3.05) is 13.6 Å². The Morgan fingerprint density at radius 1 is 1.12 bits per heavy atom. The molecule has 0 amide bonds. The third kappa shape index (κ3) is 3.88. The Morgan fingerprint density at radius 3 is 2.58 bits per heavy atom. The highest BCUT2D eigenvalue weighted by atomic mass is 19.1. The van der Waals surface area contributed by atoms with Gasteiger partial charge in [0.15, 0.2) is 0 Å². The minimum Gasteiger partial charge on any atom is -0.387 e. The van der Waals surface area contributed by atoms with E-state index in [0.717, 1.165) is 17.1 Å². The number of halogens is 1. The molecule has 0 saturated carbocycles. The van der Waals surface area contributed by atoms with Crippen molar-refractivity contribution in [1.82, 2.24) is 14.9 Å². The van der Waals surface area contributed by atoms with Gasteiger partial charge in [-0.1, -0.05) is 48.5 Å². The molecular formula is C19H20FN3O. The van der Waals surface area contributed by atoms with E-state index in [0.29, 0.717) is 18.7 Å². The molecule has 24 heavy (non-hydrogen) atoms. The highest BCUT2D eigenvalue weighted by Crippen LogP contribution is 2.19. The maximum atomic E-state index is 13.7. The first-order chi connectivity index (χ1) is 11.6. The van der Waals surface area contributed by atoms with E-state index in [2.05, 4.69) is 9.97 Å². The number of rotatable bonds is 6. The Bertz CT molecular complexity index is 788. The van der Waals surface area contributed by atoms with E-state index in [1.807, 2.05) is 42.3 Å². The average Bonchev–Trinajstić information content (AvgIpc) is 3.04. The minimum atomic E-state index is -0.875. The summed E-state index contributed by atoms with van der Waals surface area (Å²) in [4.78, 5) is 9.56. The highest BCUT2D eigenvalue weighted by molar-refractivity contribution is 5.57. The Morgan fingerprint density at radius 2 is 1.83 bits per heavy atom. The summed E-state index contributed by atoms with van der Waals surface area (Å²) < 4.78 is 13.7. The maximum absolute atomic E-state index is 13.7. The number of likely N-dealkylation sites (N-methyl/N-ethyl adjacent to an activating group) is 1. The second-order valence-electron chi connectivity index (χ2n) is 5.84. The number of nitrogens with zero attached hydrogens (tertiary/aromatic N) is 2. The Labute approximate surface area is 140 Å². The molecule has 2 aromatic carbocycles. The predicted octanol–water partition coefficient (Wildman–Crippen LogP) is 3.38. The molecule has 0 aliphatic rings. The van der Waals surface area contributed by atoms with Crippen molar-refractivity contribution in [3.05, 3.63) is 78.0 Å². The highest BCUT2D eigenvalue weighted by Gasteiger charge is 2.15. The number of aliphatic hydroxyl groups is 1. The summed E-state index contributed by atoms with van der Waals surface area (Å²) in [6.45, 7) is 0.862. The molecule has 0 bridgehead atoms. The monoisotopic (exact) mass is 325 g/mol. The van der Waals surface area contributed by atoms with Gasteiger partial charge in [-0.15, -0.1) is 0 Å². The molecule has 0 aliphatic carbocycles. The lowest BCUT2D eigenvalue weighted by atomic mass is 10.1. The lowest BCUT2D eigenvalue weighted by Crippen LogP contribution is -2.25. The van der Waals surface area contributed by atoms with Crippen molar-refractivity contribution in [3.8, 4) is 11.3 Å². The topological polar surface area (TPSA) is 52.2 Å². The molecule has 4 nitrogen and oxygen atoms in total. The first kappa shape index (κ1) is 16.4. The van der Waals surface area contributed by atoms with Crippen molar-refractivity contribution in [2.45, 2.75) is 12.6 Å². The lowest BCUT2D eigenvalue weighted by Gasteiger charge is -2.20. The number of aromatic nitrogens is 2. The second kappa shape index (κ2) is 7.38. The van der Waals surface area contributed by atoms with E-state index >= 15 is 0 Å². The molecule has 0 saturated heterocycles. The molecule has 0 fully saturated rings. The molecule has 0 aliphatic heterocycles. The lowest BCUT2D eigenvalue weighted by molar-refractivity contribution is 0.119. The van der Waals surface area contributed by atoms with Crippen LogP contribution in [0.5, 0.6) is 0 Å². The largest absolute Gasteiger partial charge is 0.387 e. The van der Waals surface area contributed by atoms with Crippen LogP contribution in [0.2, 0.25) is 0 Å². The van der Waals surface area contributed by atoms with E-state index in [-0.39, 0.29) is 5.82 Å². The van der Waals surface area contributed by atoms with Crippen LogP contribution in [0.3, 0.4) is 0 Å². The molecule has 124 valence electrons. The van der Waals surface area contributed by atoms with Crippen molar-refractivity contribution in [3.63, 3.8) is 0 Å². The van der Waals surface area contributed by atoms with Crippen molar-refractivity contribution in [1.29, 1.82) is 0 Å². The predicted molar refractivity (Wildman–Crippen MR) is 91.7 cm³/mol. The Balaban J connectivity index is 1.62. The Hall–Kier alpha value is -2.50. The maximum Gasteiger partial charge on any atom is 0.129 e. The van der Waals surface area contributed by atoms with Crippen LogP contribution in [-0.4, -0.2) is 33.6 Å². The van der Waals surface area contributed by atoms with Gasteiger partial charge in [0, 0.05) is 12.1 Å². The van der Waals surface area contributed by atoms with Crippen LogP contribution in [0.25, 0.3) is 11.3 Å². The molecule has 0 radical (unpaired) electrons. The van der Waals surface area contributed by atoms with Crippen LogP contribution in [0, 0.1) is 5.82 Å². The van der Waals surface area contributed by atoms with Gasteiger partial charge >= 0.3 is 0 Å². The zero-order valence-electron chi connectivity index (χ0n) is 13.5. The zero-order valence-corrected chi connectivity index (χ0v) is 13.5. The van der Waals surface area contributed by atoms with E-state index in [9.17, 15) is 9.50 Å². The smallest absolute Gasteiger partial charge is 0.129 e. The standard InChI is InChI=1S/C19H20FN3O/c1-23(12-18(24)15-9-5-6-10-16(15)20)13-19-21-11-17(22-19)14-7-3-2-4-8-14/h2-11,18,24H,12-13H2,1H3,(H,21,22). The van der Waals surface area contributed by atoms with Gasteiger partial charge in [-0.2, -0.15) is 0 Å². The number of H-pyrrole nitrogens is 1. The number of hydrogen-bond acceptors (Lipinski definition) is 3. The fourth-order valence-electron chi connectivity index (χ4n) is 2.67. The fourth-order valence-corrected chi connectivity index (χ4v) is 2.67. The first-order valence-corrected chi connectivity index (χ1v) is 7.84. The Kier molecular flexibility index (Phi) is 5.03. The number of nitrogens with one attached hydrogen (secondary N) is 1. The summed E-state index contributed by atoms with van der Waals surface area (Å²) in [6, 6.07) is 16.3. The van der Waals surface area contributed by atoms with Gasteiger partial charge in [-0.25, -0.2) is 9.37 Å². The number of aromatic amines is 1. The molecule has 1 heterocycles. The number of aliphatic hydroxyl groups excluding tert-OH is 1. The van der Waals surface area contributed by atoms with Gasteiger partial charge in [0.2, 0.25) is 0 Å². The molecular weight excluding hydrogens is 305 g/mol. The summed E-state index contributed by atoms with van der Waals surface area (Å²) in [6.07, 6.45) is 0.922. The molecule has 3 rings (SSSR count). The summed E-state index contributed by atoms with van der Waals surface area (Å²) in [5.74, 6) is 0.417. The van der Waals surface area contributed by atoms with Gasteiger partial charge in [-0.05, 0) is 18.7 Å².